The summed E-state index contributed by atoms with van der Waals surface area (Å²) >= 11 is 4.96. The number of benzene rings is 2. The highest BCUT2D eigenvalue weighted by molar-refractivity contribution is 9.10. The summed E-state index contributed by atoms with van der Waals surface area (Å²) in [5.41, 5.74) is 3.66. The number of nitrogens with zero attached hydrogens (tertiary/aromatic N) is 2. The van der Waals surface area contributed by atoms with E-state index in [1.165, 1.54) is 10.6 Å². The van der Waals surface area contributed by atoms with Crippen LogP contribution >= 0.6 is 27.3 Å². The Morgan fingerprint density at radius 1 is 1.07 bits per heavy atom. The van der Waals surface area contributed by atoms with Crippen LogP contribution in [0.3, 0.4) is 0 Å². The van der Waals surface area contributed by atoms with Gasteiger partial charge in [0.05, 0.1) is 6.04 Å². The third-order valence-corrected chi connectivity index (χ3v) is 7.41. The Bertz CT molecular complexity index is 1190. The number of carbonyl (C=O) groups is 2. The summed E-state index contributed by atoms with van der Waals surface area (Å²) in [7, 11) is 0. The number of Topliss-reactive ketones (excluding diaryl/α,β-unsaturated/α-hetero) is 1. The van der Waals surface area contributed by atoms with Crippen molar-refractivity contribution in [3.63, 3.8) is 0 Å². The summed E-state index contributed by atoms with van der Waals surface area (Å²) in [6.45, 7) is 0. The largest absolute Gasteiger partial charge is 0.310 e. The molecule has 1 amide bonds. The fourth-order valence-corrected chi connectivity index (χ4v) is 5.82. The minimum absolute atomic E-state index is 0.136. The molecule has 5 rings (SSSR count). The van der Waals surface area contributed by atoms with Crippen molar-refractivity contribution in [1.29, 1.82) is 0 Å². The van der Waals surface area contributed by atoms with Crippen LogP contribution < -0.4 is 4.80 Å². The first-order valence-corrected chi connectivity index (χ1v) is 11.4. The second-order valence-corrected chi connectivity index (χ2v) is 9.46. The highest BCUT2D eigenvalue weighted by Crippen LogP contribution is 2.33. The van der Waals surface area contributed by atoms with Gasteiger partial charge in [-0.2, -0.15) is 4.99 Å². The lowest BCUT2D eigenvalue weighted by atomic mass is 9.87. The number of aryl methyl sites for hydroxylation is 2. The predicted octanol–water partition coefficient (Wildman–Crippen LogP) is 4.91. The van der Waals surface area contributed by atoms with Crippen LogP contribution in [0.1, 0.15) is 55.7 Å². The van der Waals surface area contributed by atoms with Gasteiger partial charge < -0.3 is 4.57 Å². The van der Waals surface area contributed by atoms with Crippen LogP contribution in [-0.4, -0.2) is 16.3 Å². The second kappa shape index (κ2) is 7.50. The van der Waals surface area contributed by atoms with Crippen LogP contribution in [0.2, 0.25) is 0 Å². The van der Waals surface area contributed by atoms with Crippen molar-refractivity contribution in [2.24, 2.45) is 4.99 Å². The molecule has 4 nitrogen and oxygen atoms in total. The number of carbonyl (C=O) groups excluding carboxylic acids is 2. The molecule has 0 N–H and O–H groups in total. The first-order chi connectivity index (χ1) is 14.1. The predicted molar refractivity (Wildman–Crippen MR) is 117 cm³/mol. The molecular weight excluding hydrogens is 448 g/mol. The van der Waals surface area contributed by atoms with Crippen molar-refractivity contribution >= 4 is 39.0 Å². The van der Waals surface area contributed by atoms with Crippen molar-refractivity contribution in [3.05, 3.63) is 85.1 Å². The van der Waals surface area contributed by atoms with Gasteiger partial charge in [-0.15, -0.1) is 11.3 Å². The van der Waals surface area contributed by atoms with Crippen LogP contribution in [-0.2, 0) is 19.3 Å². The van der Waals surface area contributed by atoms with Gasteiger partial charge in [0.1, 0.15) is 0 Å². The molecular formula is C23H19BrN2O2S. The van der Waals surface area contributed by atoms with E-state index in [4.69, 9.17) is 0 Å². The molecule has 0 spiro atoms. The van der Waals surface area contributed by atoms with Gasteiger partial charge >= 0.3 is 0 Å². The average molecular weight is 467 g/mol. The second-order valence-electron chi connectivity index (χ2n) is 7.48. The van der Waals surface area contributed by atoms with E-state index < -0.39 is 0 Å². The van der Waals surface area contributed by atoms with E-state index >= 15 is 0 Å². The van der Waals surface area contributed by atoms with Crippen molar-refractivity contribution < 1.29 is 9.59 Å². The van der Waals surface area contributed by atoms with E-state index in [0.717, 1.165) is 47.7 Å². The maximum absolute atomic E-state index is 13.3. The smallest absolute Gasteiger partial charge is 0.279 e. The number of ketones is 1. The average Bonchev–Trinajstić information content (AvgIpc) is 3.30. The number of amides is 1. The fourth-order valence-electron chi connectivity index (χ4n) is 4.31. The zero-order valence-corrected chi connectivity index (χ0v) is 18.1. The van der Waals surface area contributed by atoms with Gasteiger partial charge in [0, 0.05) is 26.2 Å². The molecule has 2 aliphatic rings. The molecule has 2 aromatic carbocycles. The molecule has 0 bridgehead atoms. The topological polar surface area (TPSA) is 51.4 Å². The molecule has 1 heterocycles. The van der Waals surface area contributed by atoms with Crippen molar-refractivity contribution in [1.82, 2.24) is 4.57 Å². The van der Waals surface area contributed by atoms with Crippen LogP contribution in [0.25, 0.3) is 0 Å². The van der Waals surface area contributed by atoms with Crippen LogP contribution in [0, 0.1) is 0 Å². The van der Waals surface area contributed by atoms with E-state index in [9.17, 15) is 9.59 Å². The maximum Gasteiger partial charge on any atom is 0.279 e. The van der Waals surface area contributed by atoms with Crippen LogP contribution in [0.5, 0.6) is 0 Å². The van der Waals surface area contributed by atoms with Crippen LogP contribution in [0.4, 0.5) is 0 Å². The summed E-state index contributed by atoms with van der Waals surface area (Å²) in [6.07, 6.45) is 4.65. The van der Waals surface area contributed by atoms with E-state index in [1.54, 1.807) is 23.5 Å². The minimum atomic E-state index is -0.278. The Hall–Kier alpha value is -2.31. The van der Waals surface area contributed by atoms with Gasteiger partial charge in [0.25, 0.3) is 5.91 Å². The Kier molecular flexibility index (Phi) is 4.84. The van der Waals surface area contributed by atoms with Gasteiger partial charge in [0.2, 0.25) is 0 Å². The minimum Gasteiger partial charge on any atom is -0.310 e. The van der Waals surface area contributed by atoms with Crippen LogP contribution in [0.15, 0.2) is 58.0 Å². The van der Waals surface area contributed by atoms with Gasteiger partial charge in [-0.25, -0.2) is 0 Å². The number of fused-ring (bicyclic) bond motifs is 2. The summed E-state index contributed by atoms with van der Waals surface area (Å²) in [4.78, 5) is 32.5. The first-order valence-electron chi connectivity index (χ1n) is 9.81. The summed E-state index contributed by atoms with van der Waals surface area (Å²) in [5, 5.41) is 0. The number of hydrogen-bond donors (Lipinski definition) is 0. The highest BCUT2D eigenvalue weighted by atomic mass is 79.9. The molecule has 0 aliphatic heterocycles. The Labute approximate surface area is 181 Å². The number of aromatic nitrogens is 1. The van der Waals surface area contributed by atoms with E-state index in [0.29, 0.717) is 10.4 Å². The summed E-state index contributed by atoms with van der Waals surface area (Å²) in [6, 6.07) is 14.8. The van der Waals surface area contributed by atoms with Gasteiger partial charge in [-0.05, 0) is 61.9 Å². The number of hydrogen-bond acceptors (Lipinski definition) is 3. The zero-order valence-electron chi connectivity index (χ0n) is 15.7. The lowest BCUT2D eigenvalue weighted by Gasteiger charge is -2.25. The van der Waals surface area contributed by atoms with Crippen molar-refractivity contribution in [3.8, 4) is 0 Å². The SMILES string of the molecule is O=C(N=c1sc2c(n1[C@H]1CCc3ccccc3C1=O)CCC2)c1ccc(Br)cc1. The highest BCUT2D eigenvalue weighted by Gasteiger charge is 2.32. The number of rotatable bonds is 2. The van der Waals surface area contributed by atoms with Gasteiger partial charge in [-0.3, -0.25) is 9.59 Å². The molecule has 2 aliphatic carbocycles. The third kappa shape index (κ3) is 3.34. The van der Waals surface area contributed by atoms with E-state index in [-0.39, 0.29) is 17.7 Å². The molecule has 1 atom stereocenters. The fraction of sp³-hybridized carbons (Fsp3) is 0.261. The molecule has 0 radical (unpaired) electrons. The van der Waals surface area contributed by atoms with Crippen molar-refractivity contribution in [2.45, 2.75) is 38.1 Å². The van der Waals surface area contributed by atoms with Crippen molar-refractivity contribution in [2.75, 3.05) is 0 Å². The Balaban J connectivity index is 1.60. The normalized spacial score (nSPS) is 18.6. The molecule has 0 unspecified atom stereocenters. The monoisotopic (exact) mass is 466 g/mol. The zero-order chi connectivity index (χ0) is 20.0. The third-order valence-electron chi connectivity index (χ3n) is 5.72. The molecule has 0 saturated carbocycles. The summed E-state index contributed by atoms with van der Waals surface area (Å²) < 4.78 is 2.99. The molecule has 29 heavy (non-hydrogen) atoms. The molecule has 0 fully saturated rings. The summed E-state index contributed by atoms with van der Waals surface area (Å²) in [5.74, 6) is -0.133. The van der Waals surface area contributed by atoms with E-state index in [2.05, 4.69) is 25.5 Å². The number of thiazole rings is 1. The maximum atomic E-state index is 13.3. The lowest BCUT2D eigenvalue weighted by Crippen LogP contribution is -2.33. The molecule has 6 heteroatoms. The first kappa shape index (κ1) is 18.7. The number of halogens is 1. The Morgan fingerprint density at radius 3 is 2.69 bits per heavy atom. The molecule has 1 aromatic heterocycles. The Morgan fingerprint density at radius 2 is 1.86 bits per heavy atom. The molecule has 3 aromatic rings. The molecule has 0 saturated heterocycles. The van der Waals surface area contributed by atoms with Gasteiger partial charge in [0.15, 0.2) is 10.6 Å². The van der Waals surface area contributed by atoms with Gasteiger partial charge in [-0.1, -0.05) is 40.2 Å². The lowest BCUT2D eigenvalue weighted by molar-refractivity contribution is 0.0900. The standard InChI is InChI=1S/C23H19BrN2O2S/c24-16-11-8-15(9-12-16)22(28)25-23-26(18-6-3-7-20(18)29-23)19-13-10-14-4-1-2-5-17(14)21(19)27/h1-2,4-5,8-9,11-12,19H,3,6-7,10,13H2/t19-/m0/s1. The molecule has 146 valence electrons. The quantitative estimate of drug-likeness (QED) is 0.538. The van der Waals surface area contributed by atoms with E-state index in [1.807, 2.05) is 36.4 Å².